The maximum absolute atomic E-state index is 12.0. The van der Waals surface area contributed by atoms with Crippen LogP contribution >= 0.6 is 0 Å². The summed E-state index contributed by atoms with van der Waals surface area (Å²) in [5.41, 5.74) is -0.132. The van der Waals surface area contributed by atoms with E-state index in [1.807, 2.05) is 25.7 Å². The fourth-order valence-electron chi connectivity index (χ4n) is 2.18. The normalized spacial score (nSPS) is 22.5. The van der Waals surface area contributed by atoms with Crippen LogP contribution in [0.2, 0.25) is 0 Å². The zero-order valence-electron chi connectivity index (χ0n) is 12.2. The zero-order chi connectivity index (χ0) is 13.3. The van der Waals surface area contributed by atoms with E-state index in [2.05, 4.69) is 20.8 Å². The van der Waals surface area contributed by atoms with Crippen LogP contribution in [0.25, 0.3) is 0 Å². The lowest BCUT2D eigenvalue weighted by Crippen LogP contribution is -2.45. The summed E-state index contributed by atoms with van der Waals surface area (Å²) in [5.74, 6) is 0.573. The molecule has 1 rings (SSSR count). The summed E-state index contributed by atoms with van der Waals surface area (Å²) in [5, 5.41) is 0. The molecule has 1 aliphatic heterocycles. The quantitative estimate of drug-likeness (QED) is 0.647. The summed E-state index contributed by atoms with van der Waals surface area (Å²) in [7, 11) is 0. The topological polar surface area (TPSA) is 29.5 Å². The van der Waals surface area contributed by atoms with Crippen LogP contribution in [0.3, 0.4) is 0 Å². The van der Waals surface area contributed by atoms with Gasteiger partial charge in [0, 0.05) is 13.1 Å². The maximum Gasteiger partial charge on any atom is 0.410 e. The van der Waals surface area contributed by atoms with Crippen molar-refractivity contribution in [1.82, 2.24) is 4.90 Å². The Balaban J connectivity index is 2.58. The van der Waals surface area contributed by atoms with Crippen LogP contribution in [-0.4, -0.2) is 29.7 Å². The summed E-state index contributed by atoms with van der Waals surface area (Å²) in [6, 6.07) is 0. The van der Waals surface area contributed by atoms with Crippen molar-refractivity contribution in [3.05, 3.63) is 0 Å². The molecule has 1 saturated heterocycles. The number of hydrogen-bond donors (Lipinski definition) is 0. The van der Waals surface area contributed by atoms with E-state index >= 15 is 0 Å². The second-order valence-electron chi connectivity index (χ2n) is 7.13. The Morgan fingerprint density at radius 2 is 1.76 bits per heavy atom. The summed E-state index contributed by atoms with van der Waals surface area (Å²) < 4.78 is 5.43. The van der Waals surface area contributed by atoms with E-state index in [9.17, 15) is 4.79 Å². The predicted molar refractivity (Wildman–Crippen MR) is 70.0 cm³/mol. The highest BCUT2D eigenvalue weighted by Gasteiger charge is 2.33. The highest BCUT2D eigenvalue weighted by molar-refractivity contribution is 5.68. The summed E-state index contributed by atoms with van der Waals surface area (Å²) in [6.45, 7) is 14.1. The van der Waals surface area contributed by atoms with Crippen molar-refractivity contribution < 1.29 is 9.53 Å². The molecule has 1 aliphatic rings. The van der Waals surface area contributed by atoms with Crippen molar-refractivity contribution in [2.75, 3.05) is 13.1 Å². The Morgan fingerprint density at radius 3 is 2.24 bits per heavy atom. The highest BCUT2D eigenvalue weighted by Crippen LogP contribution is 2.33. The summed E-state index contributed by atoms with van der Waals surface area (Å²) in [4.78, 5) is 13.9. The second-order valence-corrected chi connectivity index (χ2v) is 7.13. The van der Waals surface area contributed by atoms with Gasteiger partial charge in [0.1, 0.15) is 5.60 Å². The minimum absolute atomic E-state index is 0.161. The van der Waals surface area contributed by atoms with E-state index in [4.69, 9.17) is 4.74 Å². The minimum atomic E-state index is -0.397. The third-order valence-corrected chi connectivity index (χ3v) is 3.30. The van der Waals surface area contributed by atoms with E-state index in [-0.39, 0.29) is 11.5 Å². The van der Waals surface area contributed by atoms with E-state index in [1.54, 1.807) is 0 Å². The zero-order valence-corrected chi connectivity index (χ0v) is 12.2. The molecule has 3 heteroatoms. The van der Waals surface area contributed by atoms with Crippen molar-refractivity contribution in [1.29, 1.82) is 0 Å². The van der Waals surface area contributed by atoms with Gasteiger partial charge in [-0.05, 0) is 44.9 Å². The molecule has 0 aromatic carbocycles. The smallest absolute Gasteiger partial charge is 0.410 e. The van der Waals surface area contributed by atoms with Gasteiger partial charge in [0.05, 0.1) is 0 Å². The van der Waals surface area contributed by atoms with Gasteiger partial charge < -0.3 is 9.64 Å². The Bertz CT molecular complexity index is 273. The van der Waals surface area contributed by atoms with E-state index in [0.29, 0.717) is 5.92 Å². The molecule has 0 aromatic heterocycles. The number of piperidine rings is 1. The number of amides is 1. The SMILES string of the molecule is CC(C)(C)OC(=O)N1CCC[C@H](C(C)(C)C)C1. The molecule has 0 aromatic rings. The molecular weight excluding hydrogens is 214 g/mol. The molecule has 0 N–H and O–H groups in total. The Kier molecular flexibility index (Phi) is 4.11. The lowest BCUT2D eigenvalue weighted by atomic mass is 9.76. The van der Waals surface area contributed by atoms with Crippen molar-refractivity contribution in [2.45, 2.75) is 60.0 Å². The molecule has 100 valence electrons. The highest BCUT2D eigenvalue weighted by atomic mass is 16.6. The van der Waals surface area contributed by atoms with Crippen LogP contribution in [0.4, 0.5) is 4.79 Å². The van der Waals surface area contributed by atoms with E-state index in [0.717, 1.165) is 19.5 Å². The third-order valence-electron chi connectivity index (χ3n) is 3.30. The van der Waals surface area contributed by atoms with Gasteiger partial charge in [-0.1, -0.05) is 20.8 Å². The van der Waals surface area contributed by atoms with E-state index in [1.165, 1.54) is 6.42 Å². The number of rotatable bonds is 0. The Hall–Kier alpha value is -0.730. The van der Waals surface area contributed by atoms with Crippen molar-refractivity contribution >= 4 is 6.09 Å². The van der Waals surface area contributed by atoms with Gasteiger partial charge in [-0.25, -0.2) is 4.79 Å². The Morgan fingerprint density at radius 1 is 1.18 bits per heavy atom. The lowest BCUT2D eigenvalue weighted by molar-refractivity contribution is 0.00881. The van der Waals surface area contributed by atoms with Crippen LogP contribution in [0.15, 0.2) is 0 Å². The van der Waals surface area contributed by atoms with Gasteiger partial charge >= 0.3 is 6.09 Å². The molecule has 1 heterocycles. The first-order chi connectivity index (χ1) is 7.59. The first kappa shape index (κ1) is 14.3. The Labute approximate surface area is 106 Å². The predicted octanol–water partition coefficient (Wildman–Crippen LogP) is 3.68. The molecule has 3 nitrogen and oxygen atoms in total. The molecule has 1 atom stereocenters. The number of hydrogen-bond acceptors (Lipinski definition) is 2. The van der Waals surface area contributed by atoms with Crippen molar-refractivity contribution in [2.24, 2.45) is 11.3 Å². The van der Waals surface area contributed by atoms with Crippen LogP contribution in [-0.2, 0) is 4.74 Å². The number of nitrogens with zero attached hydrogens (tertiary/aromatic N) is 1. The fraction of sp³-hybridized carbons (Fsp3) is 0.929. The third kappa shape index (κ3) is 4.57. The van der Waals surface area contributed by atoms with Crippen molar-refractivity contribution in [3.63, 3.8) is 0 Å². The lowest BCUT2D eigenvalue weighted by Gasteiger charge is -2.40. The molecule has 1 fully saturated rings. The first-order valence-electron chi connectivity index (χ1n) is 6.57. The van der Waals surface area contributed by atoms with Crippen LogP contribution in [0.5, 0.6) is 0 Å². The molecule has 0 bridgehead atoms. The number of carbonyl (C=O) groups excluding carboxylic acids is 1. The largest absolute Gasteiger partial charge is 0.444 e. The van der Waals surface area contributed by atoms with Gasteiger partial charge in [0.2, 0.25) is 0 Å². The van der Waals surface area contributed by atoms with Gasteiger partial charge in [0.25, 0.3) is 0 Å². The number of likely N-dealkylation sites (tertiary alicyclic amines) is 1. The van der Waals surface area contributed by atoms with Crippen LogP contribution in [0.1, 0.15) is 54.4 Å². The average molecular weight is 241 g/mol. The van der Waals surface area contributed by atoms with Gasteiger partial charge in [0.15, 0.2) is 0 Å². The van der Waals surface area contributed by atoms with Gasteiger partial charge in [-0.3, -0.25) is 0 Å². The average Bonchev–Trinajstić information content (AvgIpc) is 2.14. The summed E-state index contributed by atoms with van der Waals surface area (Å²) in [6.07, 6.45) is 2.13. The first-order valence-corrected chi connectivity index (χ1v) is 6.57. The minimum Gasteiger partial charge on any atom is -0.444 e. The molecule has 0 spiro atoms. The maximum atomic E-state index is 12.0. The molecule has 0 unspecified atom stereocenters. The second kappa shape index (κ2) is 4.87. The van der Waals surface area contributed by atoms with Crippen LogP contribution in [0, 0.1) is 11.3 Å². The molecule has 0 radical (unpaired) electrons. The van der Waals surface area contributed by atoms with Gasteiger partial charge in [-0.15, -0.1) is 0 Å². The fourth-order valence-corrected chi connectivity index (χ4v) is 2.18. The molecular formula is C14H27NO2. The number of ether oxygens (including phenoxy) is 1. The summed E-state index contributed by atoms with van der Waals surface area (Å²) >= 11 is 0. The standard InChI is InChI=1S/C14H27NO2/c1-13(2,3)11-8-7-9-15(10-11)12(16)17-14(4,5)6/h11H,7-10H2,1-6H3/t11-/m0/s1. The van der Waals surface area contributed by atoms with Crippen LogP contribution < -0.4 is 0 Å². The molecule has 17 heavy (non-hydrogen) atoms. The molecule has 0 aliphatic carbocycles. The van der Waals surface area contributed by atoms with E-state index < -0.39 is 5.60 Å². The number of carbonyl (C=O) groups is 1. The molecule has 1 amide bonds. The van der Waals surface area contributed by atoms with Crippen molar-refractivity contribution in [3.8, 4) is 0 Å². The molecule has 0 saturated carbocycles. The van der Waals surface area contributed by atoms with Gasteiger partial charge in [-0.2, -0.15) is 0 Å². The monoisotopic (exact) mass is 241 g/mol.